The van der Waals surface area contributed by atoms with Crippen LogP contribution in [0.3, 0.4) is 0 Å². The molecule has 3 atom stereocenters. The normalized spacial score (nSPS) is 22.3. The Bertz CT molecular complexity index is 566. The number of nitrogens with two attached hydrogens (primary N) is 1. The number of hydrogen-bond donors (Lipinski definition) is 3. The number of ether oxygens (including phenoxy) is 1. The predicted octanol–water partition coefficient (Wildman–Crippen LogP) is 4.39. The Kier molecular flexibility index (Phi) is 10.4. The molecular formula is C22H35F3N2O2. The smallest absolute Gasteiger partial charge is 0.390 e. The zero-order valence-corrected chi connectivity index (χ0v) is 17.1. The van der Waals surface area contributed by atoms with Crippen LogP contribution in [-0.2, 0) is 17.5 Å². The largest absolute Gasteiger partial charge is 0.416 e. The molecule has 2 rings (SSSR count). The highest BCUT2D eigenvalue weighted by Gasteiger charge is 2.31. The molecule has 0 aromatic heterocycles. The summed E-state index contributed by atoms with van der Waals surface area (Å²) < 4.78 is 43.1. The number of nitrogens with one attached hydrogen (secondary N) is 1. The molecule has 0 saturated carbocycles. The number of aliphatic hydroxyl groups is 1. The van der Waals surface area contributed by atoms with E-state index in [1.54, 1.807) is 0 Å². The van der Waals surface area contributed by atoms with E-state index < -0.39 is 17.8 Å². The molecule has 0 spiro atoms. The molecule has 0 unspecified atom stereocenters. The van der Waals surface area contributed by atoms with Crippen LogP contribution < -0.4 is 11.1 Å². The van der Waals surface area contributed by atoms with E-state index in [2.05, 4.69) is 5.32 Å². The fraction of sp³-hybridized carbons (Fsp3) is 0.727. The van der Waals surface area contributed by atoms with Crippen molar-refractivity contribution in [3.8, 4) is 0 Å². The molecular weight excluding hydrogens is 381 g/mol. The second-order valence-corrected chi connectivity index (χ2v) is 8.03. The van der Waals surface area contributed by atoms with Crippen LogP contribution in [0.2, 0.25) is 0 Å². The van der Waals surface area contributed by atoms with Crippen LogP contribution in [0, 0.1) is 0 Å². The number of aliphatic hydroxyl groups excluding tert-OH is 1. The Morgan fingerprint density at radius 3 is 2.10 bits per heavy atom. The summed E-state index contributed by atoms with van der Waals surface area (Å²) in [5.41, 5.74) is 5.93. The van der Waals surface area contributed by atoms with Crippen molar-refractivity contribution >= 4 is 0 Å². The lowest BCUT2D eigenvalue weighted by molar-refractivity contribution is -0.137. The number of hydrogen-bond acceptors (Lipinski definition) is 4. The SMILES string of the molecule is N[C@H]1CN[C@H](CCCCCCCCCCOCc2ccc(C(F)(F)F)cc2)[C@H]1O. The molecule has 4 nitrogen and oxygen atoms in total. The molecule has 1 aliphatic rings. The molecule has 7 heteroatoms. The van der Waals surface area contributed by atoms with Gasteiger partial charge in [0.1, 0.15) is 0 Å². The minimum absolute atomic E-state index is 0.126. The van der Waals surface area contributed by atoms with Gasteiger partial charge < -0.3 is 20.9 Å². The van der Waals surface area contributed by atoms with Crippen molar-refractivity contribution in [2.45, 2.75) is 88.8 Å². The third-order valence-corrected chi connectivity index (χ3v) is 5.57. The topological polar surface area (TPSA) is 67.5 Å². The van der Waals surface area contributed by atoms with E-state index >= 15 is 0 Å². The highest BCUT2D eigenvalue weighted by Crippen LogP contribution is 2.29. The van der Waals surface area contributed by atoms with E-state index in [4.69, 9.17) is 10.5 Å². The third-order valence-electron chi connectivity index (χ3n) is 5.57. The second-order valence-electron chi connectivity index (χ2n) is 8.03. The number of alkyl halides is 3. The van der Waals surface area contributed by atoms with Crippen LogP contribution >= 0.6 is 0 Å². The van der Waals surface area contributed by atoms with Crippen molar-refractivity contribution in [2.24, 2.45) is 5.73 Å². The Hall–Kier alpha value is -1.15. The van der Waals surface area contributed by atoms with Crippen LogP contribution in [0.4, 0.5) is 13.2 Å². The van der Waals surface area contributed by atoms with E-state index in [1.165, 1.54) is 44.2 Å². The lowest BCUT2D eigenvalue weighted by atomic mass is 10.0. The minimum Gasteiger partial charge on any atom is -0.390 e. The first-order valence-electron chi connectivity index (χ1n) is 10.8. The molecule has 29 heavy (non-hydrogen) atoms. The third kappa shape index (κ3) is 9.03. The predicted molar refractivity (Wildman–Crippen MR) is 108 cm³/mol. The summed E-state index contributed by atoms with van der Waals surface area (Å²) in [6.45, 7) is 1.70. The van der Waals surface area contributed by atoms with E-state index in [0.717, 1.165) is 43.4 Å². The van der Waals surface area contributed by atoms with Gasteiger partial charge in [0.15, 0.2) is 0 Å². The van der Waals surface area contributed by atoms with Crippen molar-refractivity contribution in [1.29, 1.82) is 0 Å². The summed E-state index contributed by atoms with van der Waals surface area (Å²) >= 11 is 0. The van der Waals surface area contributed by atoms with E-state index in [0.29, 0.717) is 19.8 Å². The van der Waals surface area contributed by atoms with Gasteiger partial charge in [0.25, 0.3) is 0 Å². The van der Waals surface area contributed by atoms with Crippen LogP contribution in [0.5, 0.6) is 0 Å². The molecule has 4 N–H and O–H groups in total. The fourth-order valence-electron chi connectivity index (χ4n) is 3.71. The molecule has 1 aliphatic heterocycles. The van der Waals surface area contributed by atoms with Gasteiger partial charge in [0, 0.05) is 25.2 Å². The van der Waals surface area contributed by atoms with Gasteiger partial charge in [-0.3, -0.25) is 0 Å². The molecule has 1 aromatic carbocycles. The van der Waals surface area contributed by atoms with Crippen molar-refractivity contribution in [1.82, 2.24) is 5.32 Å². The fourth-order valence-corrected chi connectivity index (χ4v) is 3.71. The summed E-state index contributed by atoms with van der Waals surface area (Å²) in [7, 11) is 0. The second kappa shape index (κ2) is 12.5. The van der Waals surface area contributed by atoms with Gasteiger partial charge in [-0.05, 0) is 30.5 Å². The number of benzene rings is 1. The molecule has 166 valence electrons. The summed E-state index contributed by atoms with van der Waals surface area (Å²) in [5, 5.41) is 13.2. The van der Waals surface area contributed by atoms with Gasteiger partial charge in [0.05, 0.1) is 18.3 Å². The first-order chi connectivity index (χ1) is 13.9. The summed E-state index contributed by atoms with van der Waals surface area (Å²) in [5.74, 6) is 0. The standard InChI is InChI=1S/C22H35F3N2O2/c23-22(24,25)18-12-10-17(11-13-18)16-29-14-8-6-4-2-1-3-5-7-9-20-21(28)19(26)15-27-20/h10-13,19-21,27-28H,1-9,14-16,26H2/t19-,20+,21-/m0/s1. The van der Waals surface area contributed by atoms with Crippen LogP contribution in [0.15, 0.2) is 24.3 Å². The summed E-state index contributed by atoms with van der Waals surface area (Å²) in [4.78, 5) is 0. The molecule has 1 heterocycles. The zero-order chi connectivity index (χ0) is 21.1. The van der Waals surface area contributed by atoms with Crippen LogP contribution in [0.1, 0.15) is 68.9 Å². The Balaban J connectivity index is 1.37. The molecule has 1 aromatic rings. The maximum atomic E-state index is 12.5. The molecule has 1 saturated heterocycles. The van der Waals surface area contributed by atoms with Crippen molar-refractivity contribution in [2.75, 3.05) is 13.2 Å². The first-order valence-corrected chi connectivity index (χ1v) is 10.8. The van der Waals surface area contributed by atoms with Crippen molar-refractivity contribution in [3.05, 3.63) is 35.4 Å². The van der Waals surface area contributed by atoms with Crippen LogP contribution in [-0.4, -0.2) is 36.4 Å². The first kappa shape index (κ1) is 24.1. The molecule has 0 aliphatic carbocycles. The van der Waals surface area contributed by atoms with Gasteiger partial charge in [-0.2, -0.15) is 13.2 Å². The summed E-state index contributed by atoms with van der Waals surface area (Å²) in [6.07, 6.45) is 5.55. The van der Waals surface area contributed by atoms with Gasteiger partial charge in [0.2, 0.25) is 0 Å². The highest BCUT2D eigenvalue weighted by atomic mass is 19.4. The Labute approximate surface area is 172 Å². The maximum Gasteiger partial charge on any atom is 0.416 e. The average Bonchev–Trinajstić information content (AvgIpc) is 3.00. The molecule has 1 fully saturated rings. The lowest BCUT2D eigenvalue weighted by Gasteiger charge is -2.16. The van der Waals surface area contributed by atoms with Gasteiger partial charge in [-0.15, -0.1) is 0 Å². The van der Waals surface area contributed by atoms with Gasteiger partial charge >= 0.3 is 6.18 Å². The van der Waals surface area contributed by atoms with Crippen molar-refractivity contribution < 1.29 is 23.0 Å². The molecule has 0 bridgehead atoms. The summed E-state index contributed by atoms with van der Waals surface area (Å²) in [6, 6.07) is 5.17. The monoisotopic (exact) mass is 416 g/mol. The van der Waals surface area contributed by atoms with E-state index in [-0.39, 0.29) is 12.1 Å². The number of unbranched alkanes of at least 4 members (excludes halogenated alkanes) is 7. The minimum atomic E-state index is -4.29. The van der Waals surface area contributed by atoms with Crippen molar-refractivity contribution in [3.63, 3.8) is 0 Å². The Morgan fingerprint density at radius 2 is 1.55 bits per heavy atom. The highest BCUT2D eigenvalue weighted by molar-refractivity contribution is 5.24. The Morgan fingerprint density at radius 1 is 0.966 bits per heavy atom. The van der Waals surface area contributed by atoms with E-state index in [9.17, 15) is 18.3 Å². The van der Waals surface area contributed by atoms with Gasteiger partial charge in [-0.1, -0.05) is 57.1 Å². The van der Waals surface area contributed by atoms with E-state index in [1.807, 2.05) is 0 Å². The zero-order valence-electron chi connectivity index (χ0n) is 17.1. The average molecular weight is 417 g/mol. The number of halogens is 3. The van der Waals surface area contributed by atoms with Crippen LogP contribution in [0.25, 0.3) is 0 Å². The quantitative estimate of drug-likeness (QED) is 0.417. The number of rotatable bonds is 13. The molecule has 0 radical (unpaired) electrons. The molecule has 0 amide bonds. The van der Waals surface area contributed by atoms with Gasteiger partial charge in [-0.25, -0.2) is 0 Å². The lowest BCUT2D eigenvalue weighted by Crippen LogP contribution is -2.37. The maximum absolute atomic E-state index is 12.5.